The minimum Gasteiger partial charge on any atom is -0.496 e. The fraction of sp³-hybridized carbons (Fsp3) is 0.353. The number of para-hydroxylation sites is 1. The van der Waals surface area contributed by atoms with Crippen LogP contribution in [0.4, 0.5) is 17.1 Å². The summed E-state index contributed by atoms with van der Waals surface area (Å²) in [6, 6.07) is 17.3. The van der Waals surface area contributed by atoms with Crippen LogP contribution in [-0.4, -0.2) is 105 Å². The first-order valence-electron chi connectivity index (χ1n) is 23.6. The quantitative estimate of drug-likeness (QED) is 0.0317. The molecule has 0 aliphatic heterocycles. The molecule has 0 saturated carbocycles. The number of methoxy groups -OCH3 is 3. The number of primary amides is 1. The highest BCUT2D eigenvalue weighted by molar-refractivity contribution is 6.09. The number of aromatic nitrogens is 1. The van der Waals surface area contributed by atoms with E-state index in [0.29, 0.717) is 75.5 Å². The highest BCUT2D eigenvalue weighted by atomic mass is 16.5. The topological polar surface area (TPSA) is 339 Å². The van der Waals surface area contributed by atoms with Crippen molar-refractivity contribution in [1.82, 2.24) is 20.9 Å². The number of unbranched alkanes of at least 4 members (excludes halogenated alkanes) is 3. The van der Waals surface area contributed by atoms with Gasteiger partial charge in [-0.05, 0) is 138 Å². The van der Waals surface area contributed by atoms with Crippen molar-refractivity contribution in [2.45, 2.75) is 75.9 Å². The number of benzene rings is 4. The summed E-state index contributed by atoms with van der Waals surface area (Å²) in [5, 5.41) is 17.4. The minimum absolute atomic E-state index is 0.00296. The fourth-order valence-electron chi connectivity index (χ4n) is 7.84. The Bertz CT molecular complexity index is 2710. The number of nitrogens with one attached hydrogen (secondary N) is 7. The Morgan fingerprint density at radius 2 is 0.847 bits per heavy atom. The molecule has 0 bridgehead atoms. The Kier molecular flexibility index (Phi) is 20.9. The summed E-state index contributed by atoms with van der Waals surface area (Å²) in [4.78, 5) is 98.2. The van der Waals surface area contributed by atoms with E-state index >= 15 is 0 Å². The second-order valence-corrected chi connectivity index (χ2v) is 16.8. The number of anilines is 3. The largest absolute Gasteiger partial charge is 0.496 e. The van der Waals surface area contributed by atoms with Gasteiger partial charge in [0.25, 0.3) is 23.6 Å². The van der Waals surface area contributed by atoms with Gasteiger partial charge >= 0.3 is 0 Å². The van der Waals surface area contributed by atoms with Crippen molar-refractivity contribution in [3.05, 3.63) is 107 Å². The number of aromatic amines is 1. The molecule has 21 heteroatoms. The van der Waals surface area contributed by atoms with Crippen LogP contribution in [0.5, 0.6) is 17.2 Å². The molecule has 72 heavy (non-hydrogen) atoms. The lowest BCUT2D eigenvalue weighted by Crippen LogP contribution is -2.44. The molecule has 1 heterocycles. The van der Waals surface area contributed by atoms with Crippen molar-refractivity contribution in [2.24, 2.45) is 22.9 Å². The zero-order valence-electron chi connectivity index (χ0n) is 40.7. The van der Waals surface area contributed by atoms with Gasteiger partial charge in [0.2, 0.25) is 17.7 Å². The number of rotatable bonds is 28. The number of ether oxygens (including phenoxy) is 3. The van der Waals surface area contributed by atoms with E-state index in [1.807, 2.05) is 24.3 Å². The van der Waals surface area contributed by atoms with Crippen LogP contribution in [-0.2, 0) is 14.4 Å². The molecule has 0 aliphatic rings. The van der Waals surface area contributed by atoms with Crippen molar-refractivity contribution < 1.29 is 47.8 Å². The number of nitrogens with two attached hydrogens (primary N) is 4. The predicted molar refractivity (Wildman–Crippen MR) is 274 cm³/mol. The molecular weight excluding hydrogens is 927 g/mol. The third kappa shape index (κ3) is 15.0. The lowest BCUT2D eigenvalue weighted by atomic mass is 10.1. The summed E-state index contributed by atoms with van der Waals surface area (Å²) in [7, 11) is 4.11. The van der Waals surface area contributed by atoms with Gasteiger partial charge in [-0.25, -0.2) is 0 Å². The summed E-state index contributed by atoms with van der Waals surface area (Å²) in [5.41, 5.74) is 24.6. The molecule has 0 radical (unpaired) electrons. The monoisotopic (exact) mass is 991 g/mol. The lowest BCUT2D eigenvalue weighted by molar-refractivity contribution is -0.118. The van der Waals surface area contributed by atoms with E-state index in [1.54, 1.807) is 12.3 Å². The zero-order valence-corrected chi connectivity index (χ0v) is 40.7. The van der Waals surface area contributed by atoms with Gasteiger partial charge in [0.15, 0.2) is 0 Å². The van der Waals surface area contributed by atoms with Crippen LogP contribution in [0.3, 0.4) is 0 Å². The molecule has 0 aliphatic carbocycles. The van der Waals surface area contributed by atoms with Crippen LogP contribution >= 0.6 is 0 Å². The maximum atomic E-state index is 14.1. The second-order valence-electron chi connectivity index (χ2n) is 16.8. The van der Waals surface area contributed by atoms with E-state index in [9.17, 15) is 33.6 Å². The van der Waals surface area contributed by atoms with E-state index in [4.69, 9.17) is 37.1 Å². The molecule has 0 fully saturated rings. The average Bonchev–Trinajstić information content (AvgIpc) is 3.82. The molecule has 5 aromatic rings. The molecule has 1 aromatic heterocycles. The molecule has 7 amide bonds. The normalized spacial score (nSPS) is 12.1. The third-order valence-corrected chi connectivity index (χ3v) is 11.7. The van der Waals surface area contributed by atoms with Gasteiger partial charge in [0.05, 0.1) is 43.6 Å². The number of fused-ring (bicyclic) bond motifs is 1. The Hall–Kier alpha value is -8.01. The van der Waals surface area contributed by atoms with Crippen LogP contribution < -0.4 is 69.0 Å². The van der Waals surface area contributed by atoms with E-state index in [1.165, 1.54) is 69.9 Å². The first-order valence-corrected chi connectivity index (χ1v) is 23.6. The van der Waals surface area contributed by atoms with Crippen molar-refractivity contribution >= 4 is 69.3 Å². The zero-order chi connectivity index (χ0) is 52.2. The number of hydrogen-bond donors (Lipinski definition) is 11. The summed E-state index contributed by atoms with van der Waals surface area (Å²) in [5.74, 6) is -3.83. The van der Waals surface area contributed by atoms with Gasteiger partial charge in [-0.2, -0.15) is 0 Å². The molecule has 21 nitrogen and oxygen atoms in total. The summed E-state index contributed by atoms with van der Waals surface area (Å²) in [6.45, 7) is 1.10. The van der Waals surface area contributed by atoms with E-state index in [-0.39, 0.29) is 63.8 Å². The van der Waals surface area contributed by atoms with Gasteiger partial charge in [-0.3, -0.25) is 33.6 Å². The van der Waals surface area contributed by atoms with Crippen molar-refractivity contribution in [1.29, 1.82) is 0 Å². The SMILES string of the molecule is COc1ccc(NC(=O)[C@H](CCCCN)NC(=O)c2cc(NC(=O)[C@H](CCCCN)NC(=O)c3cc(NC(=O)[C@H](CCCCN)NC(=O)c4c[nH]c5ccccc45)ccc3OC)ccc2OC)cc1C(N)=O. The summed E-state index contributed by atoms with van der Waals surface area (Å²) >= 11 is 0. The van der Waals surface area contributed by atoms with E-state index in [0.717, 1.165) is 5.52 Å². The Morgan fingerprint density at radius 1 is 0.486 bits per heavy atom. The average molecular weight is 992 g/mol. The molecule has 15 N–H and O–H groups in total. The first-order chi connectivity index (χ1) is 34.7. The van der Waals surface area contributed by atoms with Crippen LogP contribution in [0, 0.1) is 0 Å². The van der Waals surface area contributed by atoms with Crippen LogP contribution in [0.2, 0.25) is 0 Å². The number of amides is 7. The second kappa shape index (κ2) is 27.4. The maximum Gasteiger partial charge on any atom is 0.255 e. The highest BCUT2D eigenvalue weighted by Gasteiger charge is 2.28. The molecule has 3 atom stereocenters. The van der Waals surface area contributed by atoms with Gasteiger partial charge < -0.3 is 74.0 Å². The highest BCUT2D eigenvalue weighted by Crippen LogP contribution is 2.27. The summed E-state index contributed by atoms with van der Waals surface area (Å²) in [6.07, 6.45) is 5.51. The molecule has 384 valence electrons. The van der Waals surface area contributed by atoms with Gasteiger partial charge in [0.1, 0.15) is 35.4 Å². The van der Waals surface area contributed by atoms with Crippen molar-refractivity contribution in [3.63, 3.8) is 0 Å². The smallest absolute Gasteiger partial charge is 0.255 e. The maximum absolute atomic E-state index is 14.1. The molecule has 0 saturated heterocycles. The van der Waals surface area contributed by atoms with E-state index < -0.39 is 59.5 Å². The number of carbonyl (C=O) groups excluding carboxylic acids is 7. The lowest BCUT2D eigenvalue weighted by Gasteiger charge is -2.21. The number of H-pyrrole nitrogens is 1. The van der Waals surface area contributed by atoms with E-state index in [2.05, 4.69) is 36.9 Å². The Labute approximate surface area is 417 Å². The molecule has 0 unspecified atom stereocenters. The van der Waals surface area contributed by atoms with Crippen molar-refractivity contribution in [3.8, 4) is 17.2 Å². The summed E-state index contributed by atoms with van der Waals surface area (Å²) < 4.78 is 16.2. The van der Waals surface area contributed by atoms with Gasteiger partial charge in [0, 0.05) is 34.2 Å². The minimum atomic E-state index is -1.12. The van der Waals surface area contributed by atoms with Crippen LogP contribution in [0.25, 0.3) is 10.9 Å². The molecule has 4 aromatic carbocycles. The van der Waals surface area contributed by atoms with Gasteiger partial charge in [-0.1, -0.05) is 18.2 Å². The Balaban J connectivity index is 1.32. The number of carbonyl (C=O) groups is 7. The molecular formula is C51H65N11O10. The third-order valence-electron chi connectivity index (χ3n) is 11.7. The molecule has 5 rings (SSSR count). The number of hydrogen-bond acceptors (Lipinski definition) is 13. The first kappa shape index (κ1) is 54.9. The van der Waals surface area contributed by atoms with Crippen molar-refractivity contribution in [2.75, 3.05) is 56.9 Å². The van der Waals surface area contributed by atoms with Gasteiger partial charge in [-0.15, -0.1) is 0 Å². The standard InChI is InChI=1S/C51H65N11O10/c1-70-42-20-17-30(26-34(42)45(55)63)57-49(67)39(14-6-9-23-52)60-46(64)35-27-31(18-21-43(35)71-2)58-50(68)40(15-7-10-24-53)61-47(65)36-28-32(19-22-44(36)72-3)59-51(69)41(16-8-11-25-54)62-48(66)37-29-56-38-13-5-4-12-33(37)38/h4-5,12-13,17-22,26-29,39-41,56H,6-11,14-16,23-25,52-54H2,1-3H3,(H2,55,63)(H,57,67)(H,58,68)(H,59,69)(H,60,64)(H,61,65)(H,62,66)/t39-,40-,41-/m0/s1. The fourth-order valence-corrected chi connectivity index (χ4v) is 7.84. The van der Waals surface area contributed by atoms with Crippen LogP contribution in [0.1, 0.15) is 99.2 Å². The molecule has 0 spiro atoms. The predicted octanol–water partition coefficient (Wildman–Crippen LogP) is 3.89. The van der Waals surface area contributed by atoms with Crippen LogP contribution in [0.15, 0.2) is 85.1 Å². The Morgan fingerprint density at radius 3 is 1.22 bits per heavy atom.